The van der Waals surface area contributed by atoms with E-state index in [1.807, 2.05) is 0 Å². The minimum absolute atomic E-state index is 0. The number of hydrogen-bond donors (Lipinski definition) is 0. The summed E-state index contributed by atoms with van der Waals surface area (Å²) < 4.78 is 0. The molecule has 0 spiro atoms. The Labute approximate surface area is 128 Å². The molecule has 0 amide bonds. The zero-order valence-corrected chi connectivity index (χ0v) is 13.3. The zero-order chi connectivity index (χ0) is 12.8. The number of rotatable bonds is 13. The average Bonchev–Trinajstić information content (AvgIpc) is 2.30. The minimum atomic E-state index is -0.905. The van der Waals surface area contributed by atoms with E-state index in [4.69, 9.17) is 0 Å². The predicted octanol–water partition coefficient (Wildman–Crippen LogP) is 3.83. The van der Waals surface area contributed by atoms with Gasteiger partial charge in [0.1, 0.15) is 0 Å². The molecule has 0 heterocycles. The van der Waals surface area contributed by atoms with Gasteiger partial charge in [-0.25, -0.2) is 0 Å². The van der Waals surface area contributed by atoms with Gasteiger partial charge in [0.2, 0.25) is 0 Å². The molecule has 0 aromatic heterocycles. The Kier molecular flexibility index (Phi) is 19.6. The molecule has 3 heteroatoms. The molecule has 0 fully saturated rings. The molecule has 2 nitrogen and oxygen atoms in total. The molecule has 0 saturated heterocycles. The molecule has 18 heavy (non-hydrogen) atoms. The third-order valence-electron chi connectivity index (χ3n) is 3.23. The molecule has 0 saturated carbocycles. The molecule has 0 bridgehead atoms. The van der Waals surface area contributed by atoms with Gasteiger partial charge < -0.3 is 9.90 Å². The number of carboxylic acids is 1. The van der Waals surface area contributed by atoms with Crippen LogP contribution in [0.15, 0.2) is 0 Å². The maximum Gasteiger partial charge on any atom is 1.00 e. The summed E-state index contributed by atoms with van der Waals surface area (Å²) in [6, 6.07) is 0. The van der Waals surface area contributed by atoms with Crippen molar-refractivity contribution in [3.63, 3.8) is 0 Å². The van der Waals surface area contributed by atoms with Crippen LogP contribution >= 0.6 is 0 Å². The van der Waals surface area contributed by atoms with E-state index in [0.717, 1.165) is 12.8 Å². The summed E-state index contributed by atoms with van der Waals surface area (Å²) in [4.78, 5) is 10.2. The van der Waals surface area contributed by atoms with E-state index in [2.05, 4.69) is 6.92 Å². The molecule has 0 N–H and O–H groups in total. The first-order valence-electron chi connectivity index (χ1n) is 7.47. The number of hydrogen-bond acceptors (Lipinski definition) is 2. The number of carbonyl (C=O) groups is 1. The third kappa shape index (κ3) is 18.6. The first-order valence-corrected chi connectivity index (χ1v) is 7.47. The van der Waals surface area contributed by atoms with Gasteiger partial charge in [0.25, 0.3) is 0 Å². The van der Waals surface area contributed by atoms with Crippen molar-refractivity contribution in [3.05, 3.63) is 0 Å². The smallest absolute Gasteiger partial charge is 0.550 e. The van der Waals surface area contributed by atoms with E-state index >= 15 is 0 Å². The molecule has 112 valence electrons. The standard InChI is InChI=1S/C15H30O2.Ag/c1-2-3-4-5-6-7-8-9-10-11-12-13-14-15(16)17;/h2-14H2,1H3,(H,16,17);/q;+1/p-1. The van der Waals surface area contributed by atoms with Gasteiger partial charge in [0.15, 0.2) is 0 Å². The van der Waals surface area contributed by atoms with E-state index in [0.29, 0.717) is 0 Å². The van der Waals surface area contributed by atoms with Crippen molar-refractivity contribution in [2.75, 3.05) is 0 Å². The van der Waals surface area contributed by atoms with Crippen molar-refractivity contribution in [2.45, 2.75) is 90.4 Å². The maximum atomic E-state index is 10.2. The monoisotopic (exact) mass is 348 g/mol. The topological polar surface area (TPSA) is 40.1 Å². The number of carboxylic acid groups (broad SMARTS) is 1. The van der Waals surface area contributed by atoms with E-state index in [1.165, 1.54) is 64.2 Å². The van der Waals surface area contributed by atoms with Crippen LogP contribution in [0.4, 0.5) is 0 Å². The van der Waals surface area contributed by atoms with Crippen molar-refractivity contribution in [1.29, 1.82) is 0 Å². The number of aliphatic carboxylic acids is 1. The number of unbranched alkanes of at least 4 members (excludes halogenated alkanes) is 11. The predicted molar refractivity (Wildman–Crippen MR) is 70.7 cm³/mol. The van der Waals surface area contributed by atoms with E-state index in [-0.39, 0.29) is 28.8 Å². The molecule has 0 aliphatic rings. The van der Waals surface area contributed by atoms with Crippen molar-refractivity contribution in [3.8, 4) is 0 Å². The normalized spacial score (nSPS) is 10.1. The first kappa shape index (κ1) is 20.5. The Morgan fingerprint density at radius 1 is 0.722 bits per heavy atom. The Morgan fingerprint density at radius 3 is 1.39 bits per heavy atom. The summed E-state index contributed by atoms with van der Waals surface area (Å²) in [7, 11) is 0. The van der Waals surface area contributed by atoms with Gasteiger partial charge in [-0.1, -0.05) is 77.6 Å². The Bertz CT molecular complexity index is 172. The van der Waals surface area contributed by atoms with E-state index in [1.54, 1.807) is 0 Å². The maximum absolute atomic E-state index is 10.2. The second-order valence-corrected chi connectivity index (χ2v) is 5.01. The van der Waals surface area contributed by atoms with Gasteiger partial charge in [0, 0.05) is 5.97 Å². The van der Waals surface area contributed by atoms with Gasteiger partial charge in [0.05, 0.1) is 0 Å². The summed E-state index contributed by atoms with van der Waals surface area (Å²) in [5.41, 5.74) is 0. The fourth-order valence-electron chi connectivity index (χ4n) is 2.11. The molecule has 0 aromatic rings. The Balaban J connectivity index is 0. The zero-order valence-electron chi connectivity index (χ0n) is 11.8. The largest absolute Gasteiger partial charge is 1.00 e. The minimum Gasteiger partial charge on any atom is -0.550 e. The molecular formula is C15H29AgO2. The molecule has 0 unspecified atom stereocenters. The van der Waals surface area contributed by atoms with Crippen LogP contribution in [-0.4, -0.2) is 5.97 Å². The van der Waals surface area contributed by atoms with Crippen molar-refractivity contribution < 1.29 is 32.3 Å². The summed E-state index contributed by atoms with van der Waals surface area (Å²) >= 11 is 0. The fraction of sp³-hybridized carbons (Fsp3) is 0.933. The molecular weight excluding hydrogens is 320 g/mol. The molecule has 0 aromatic carbocycles. The van der Waals surface area contributed by atoms with Crippen LogP contribution in [0.2, 0.25) is 0 Å². The molecule has 0 radical (unpaired) electrons. The Hall–Kier alpha value is 0.210. The third-order valence-corrected chi connectivity index (χ3v) is 3.23. The van der Waals surface area contributed by atoms with Gasteiger partial charge in [-0.2, -0.15) is 0 Å². The van der Waals surface area contributed by atoms with Gasteiger partial charge >= 0.3 is 22.4 Å². The van der Waals surface area contributed by atoms with Crippen molar-refractivity contribution >= 4 is 5.97 Å². The van der Waals surface area contributed by atoms with Crippen molar-refractivity contribution in [1.82, 2.24) is 0 Å². The van der Waals surface area contributed by atoms with Crippen LogP contribution in [-0.2, 0) is 27.2 Å². The Morgan fingerprint density at radius 2 is 1.06 bits per heavy atom. The summed E-state index contributed by atoms with van der Waals surface area (Å²) in [5, 5.41) is 10.2. The second-order valence-electron chi connectivity index (χ2n) is 5.01. The summed E-state index contributed by atoms with van der Waals surface area (Å²) in [6.07, 6.45) is 15.5. The number of carbonyl (C=O) groups excluding carboxylic acids is 1. The summed E-state index contributed by atoms with van der Waals surface area (Å²) in [5.74, 6) is -0.905. The van der Waals surface area contributed by atoms with Gasteiger partial charge in [-0.3, -0.25) is 0 Å². The van der Waals surface area contributed by atoms with Gasteiger partial charge in [-0.05, 0) is 12.8 Å². The van der Waals surface area contributed by atoms with Crippen LogP contribution in [0.25, 0.3) is 0 Å². The molecule has 0 aliphatic carbocycles. The van der Waals surface area contributed by atoms with Crippen LogP contribution in [0.3, 0.4) is 0 Å². The second kappa shape index (κ2) is 17.2. The SMILES string of the molecule is CCCCCCCCCCCCCCC(=O)[O-].[Ag+]. The van der Waals surface area contributed by atoms with E-state index < -0.39 is 5.97 Å². The summed E-state index contributed by atoms with van der Waals surface area (Å²) in [6.45, 7) is 2.25. The van der Waals surface area contributed by atoms with Crippen LogP contribution < -0.4 is 5.11 Å². The van der Waals surface area contributed by atoms with Crippen LogP contribution in [0, 0.1) is 0 Å². The molecule has 0 atom stereocenters. The van der Waals surface area contributed by atoms with E-state index in [9.17, 15) is 9.90 Å². The quantitative estimate of drug-likeness (QED) is 0.375. The first-order chi connectivity index (χ1) is 8.27. The van der Waals surface area contributed by atoms with Crippen molar-refractivity contribution in [2.24, 2.45) is 0 Å². The average molecular weight is 349 g/mol. The molecule has 0 rings (SSSR count). The van der Waals surface area contributed by atoms with Crippen LogP contribution in [0.5, 0.6) is 0 Å². The fourth-order valence-corrected chi connectivity index (χ4v) is 2.11. The molecule has 0 aliphatic heterocycles. The van der Waals surface area contributed by atoms with Gasteiger partial charge in [-0.15, -0.1) is 0 Å². The van der Waals surface area contributed by atoms with Crippen LogP contribution in [0.1, 0.15) is 90.4 Å².